The highest BCUT2D eigenvalue weighted by Gasteiger charge is 2.24. The van der Waals surface area contributed by atoms with Crippen LogP contribution in [-0.2, 0) is 16.4 Å². The fraction of sp³-hybridized carbons (Fsp3) is 0.533. The molecule has 0 spiro atoms. The van der Waals surface area contributed by atoms with Crippen LogP contribution in [0.1, 0.15) is 62.4 Å². The molecule has 3 aromatic rings. The minimum Gasteiger partial charge on any atom is -0.351 e. The van der Waals surface area contributed by atoms with E-state index in [1.807, 2.05) is 0 Å². The van der Waals surface area contributed by atoms with Gasteiger partial charge in [-0.25, -0.2) is 13.4 Å². The lowest BCUT2D eigenvalue weighted by atomic mass is 10.1. The number of piperazine rings is 1. The molecule has 0 atom stereocenters. The van der Waals surface area contributed by atoms with E-state index in [0.29, 0.717) is 25.2 Å². The number of benzene rings is 2. The third kappa shape index (κ3) is 7.40. The number of amides is 1. The van der Waals surface area contributed by atoms with Crippen LogP contribution in [0.4, 0.5) is 5.13 Å². The summed E-state index contributed by atoms with van der Waals surface area (Å²) in [5, 5.41) is 4.08. The highest BCUT2D eigenvalue weighted by molar-refractivity contribution is 7.89. The van der Waals surface area contributed by atoms with E-state index in [2.05, 4.69) is 54.1 Å². The predicted molar refractivity (Wildman–Crippen MR) is 165 cm³/mol. The van der Waals surface area contributed by atoms with Crippen molar-refractivity contribution in [3.63, 3.8) is 0 Å². The van der Waals surface area contributed by atoms with E-state index in [1.54, 1.807) is 39.9 Å². The summed E-state index contributed by atoms with van der Waals surface area (Å²) in [6.07, 6.45) is 4.53. The number of carbonyl (C=O) groups excluding carboxylic acids is 1. The molecule has 1 fully saturated rings. The van der Waals surface area contributed by atoms with Crippen molar-refractivity contribution >= 4 is 42.6 Å². The Hall–Kier alpha value is -2.53. The van der Waals surface area contributed by atoms with Crippen LogP contribution in [0.2, 0.25) is 0 Å². The fourth-order valence-electron chi connectivity index (χ4n) is 4.96. The van der Waals surface area contributed by atoms with Crippen LogP contribution in [0.25, 0.3) is 10.2 Å². The monoisotopic (exact) mass is 585 g/mol. The van der Waals surface area contributed by atoms with Gasteiger partial charge in [-0.05, 0) is 55.2 Å². The highest BCUT2D eigenvalue weighted by Crippen LogP contribution is 2.31. The van der Waals surface area contributed by atoms with E-state index in [0.717, 1.165) is 75.5 Å². The van der Waals surface area contributed by atoms with Crippen molar-refractivity contribution in [2.75, 3.05) is 57.3 Å². The van der Waals surface area contributed by atoms with Gasteiger partial charge in [0.25, 0.3) is 5.91 Å². The standard InChI is InChI=1S/C30H43N5O3S2/c1-4-7-17-35(18-8-5-2)40(37,38)26-14-12-25(13-15-26)29(36)31-16-19-33-20-22-34(23-21-33)30-32-28-24(6-3)10-9-11-27(28)39-30/h9-15H,4-8,16-23H2,1-3H3,(H,31,36). The number of aromatic nitrogens is 1. The van der Waals surface area contributed by atoms with Gasteiger partial charge < -0.3 is 10.2 Å². The first-order chi connectivity index (χ1) is 19.4. The van der Waals surface area contributed by atoms with E-state index >= 15 is 0 Å². The van der Waals surface area contributed by atoms with Gasteiger partial charge >= 0.3 is 0 Å². The molecule has 2 aromatic carbocycles. The van der Waals surface area contributed by atoms with Gasteiger partial charge in [-0.1, -0.05) is 57.1 Å². The molecule has 2 heterocycles. The number of unbranched alkanes of at least 4 members (excludes halogenated alkanes) is 2. The minimum atomic E-state index is -3.57. The van der Waals surface area contributed by atoms with E-state index in [-0.39, 0.29) is 10.8 Å². The zero-order valence-electron chi connectivity index (χ0n) is 24.1. The lowest BCUT2D eigenvalue weighted by molar-refractivity contribution is 0.0947. The fourth-order valence-corrected chi connectivity index (χ4v) is 7.54. The normalized spacial score (nSPS) is 14.8. The Kier molecular flexibility index (Phi) is 10.9. The maximum Gasteiger partial charge on any atom is 0.251 e. The lowest BCUT2D eigenvalue weighted by Gasteiger charge is -2.34. The summed E-state index contributed by atoms with van der Waals surface area (Å²) in [5.41, 5.74) is 2.90. The highest BCUT2D eigenvalue weighted by atomic mass is 32.2. The third-order valence-electron chi connectivity index (χ3n) is 7.50. The van der Waals surface area contributed by atoms with Crippen molar-refractivity contribution in [3.8, 4) is 0 Å². The Balaban J connectivity index is 1.25. The number of para-hydroxylation sites is 1. The Labute approximate surface area is 243 Å². The maximum absolute atomic E-state index is 13.2. The minimum absolute atomic E-state index is 0.183. The molecule has 0 unspecified atom stereocenters. The number of carbonyl (C=O) groups is 1. The summed E-state index contributed by atoms with van der Waals surface area (Å²) >= 11 is 1.76. The van der Waals surface area contributed by atoms with Gasteiger partial charge in [0.15, 0.2) is 5.13 Å². The third-order valence-corrected chi connectivity index (χ3v) is 10.5. The van der Waals surface area contributed by atoms with Gasteiger partial charge in [-0.15, -0.1) is 0 Å². The zero-order chi connectivity index (χ0) is 28.5. The van der Waals surface area contributed by atoms with Gasteiger partial charge in [0.2, 0.25) is 10.0 Å². The van der Waals surface area contributed by atoms with Gasteiger partial charge in [0.05, 0.1) is 15.1 Å². The van der Waals surface area contributed by atoms with Crippen molar-refractivity contribution in [2.45, 2.75) is 57.8 Å². The van der Waals surface area contributed by atoms with Crippen LogP contribution in [0.5, 0.6) is 0 Å². The topological polar surface area (TPSA) is 85.8 Å². The molecule has 1 N–H and O–H groups in total. The van der Waals surface area contributed by atoms with Gasteiger partial charge in [0, 0.05) is 57.9 Å². The van der Waals surface area contributed by atoms with E-state index < -0.39 is 10.0 Å². The average Bonchev–Trinajstić information content (AvgIpc) is 3.42. The number of sulfonamides is 1. The van der Waals surface area contributed by atoms with Crippen LogP contribution in [0.15, 0.2) is 47.4 Å². The molecule has 0 bridgehead atoms. The van der Waals surface area contributed by atoms with Crippen LogP contribution in [0.3, 0.4) is 0 Å². The molecule has 1 saturated heterocycles. The SMILES string of the molecule is CCCCN(CCCC)S(=O)(=O)c1ccc(C(=O)NCCN2CCN(c3nc4c(CC)cccc4s3)CC2)cc1. The molecule has 10 heteroatoms. The molecule has 218 valence electrons. The molecule has 1 aromatic heterocycles. The Morgan fingerprint density at radius 3 is 2.27 bits per heavy atom. The number of nitrogens with one attached hydrogen (secondary N) is 1. The number of anilines is 1. The van der Waals surface area contributed by atoms with Crippen molar-refractivity contribution in [1.82, 2.24) is 19.5 Å². The van der Waals surface area contributed by atoms with Crippen molar-refractivity contribution in [1.29, 1.82) is 0 Å². The second-order valence-electron chi connectivity index (χ2n) is 10.3. The van der Waals surface area contributed by atoms with Crippen molar-refractivity contribution < 1.29 is 13.2 Å². The molecule has 0 aliphatic carbocycles. The molecule has 40 heavy (non-hydrogen) atoms. The summed E-state index contributed by atoms with van der Waals surface area (Å²) in [4.78, 5) is 22.6. The number of thiazole rings is 1. The molecule has 1 aliphatic heterocycles. The first-order valence-electron chi connectivity index (χ1n) is 14.6. The summed E-state index contributed by atoms with van der Waals surface area (Å²) < 4.78 is 29.2. The maximum atomic E-state index is 13.2. The number of aryl methyl sites for hydroxylation is 1. The van der Waals surface area contributed by atoms with Gasteiger partial charge in [0.1, 0.15) is 0 Å². The molecule has 4 rings (SSSR count). The molecular formula is C30H43N5O3S2. The number of fused-ring (bicyclic) bond motifs is 1. The first-order valence-corrected chi connectivity index (χ1v) is 16.9. The second kappa shape index (κ2) is 14.4. The Bertz CT molecular complexity index is 1340. The van der Waals surface area contributed by atoms with E-state index in [4.69, 9.17) is 4.98 Å². The molecule has 0 saturated carbocycles. The number of hydrogen-bond acceptors (Lipinski definition) is 7. The summed E-state index contributed by atoms with van der Waals surface area (Å²) in [5.74, 6) is -0.183. The Morgan fingerprint density at radius 1 is 0.975 bits per heavy atom. The molecular weight excluding hydrogens is 542 g/mol. The molecule has 8 nitrogen and oxygen atoms in total. The van der Waals surface area contributed by atoms with Crippen LogP contribution >= 0.6 is 11.3 Å². The van der Waals surface area contributed by atoms with E-state index in [1.165, 1.54) is 10.3 Å². The van der Waals surface area contributed by atoms with Gasteiger partial charge in [-0.3, -0.25) is 9.69 Å². The molecule has 1 amide bonds. The summed E-state index contributed by atoms with van der Waals surface area (Å²) in [7, 11) is -3.57. The molecule has 0 radical (unpaired) electrons. The van der Waals surface area contributed by atoms with E-state index in [9.17, 15) is 13.2 Å². The average molecular weight is 586 g/mol. The van der Waals surface area contributed by atoms with Crippen molar-refractivity contribution in [3.05, 3.63) is 53.6 Å². The smallest absolute Gasteiger partial charge is 0.251 e. The Morgan fingerprint density at radius 2 is 1.65 bits per heavy atom. The van der Waals surface area contributed by atoms with Crippen LogP contribution in [-0.4, -0.2) is 80.9 Å². The predicted octanol–water partition coefficient (Wildman–Crippen LogP) is 5.00. The summed E-state index contributed by atoms with van der Waals surface area (Å²) in [6.45, 7) is 12.3. The molecule has 1 aliphatic rings. The van der Waals surface area contributed by atoms with Crippen LogP contribution in [0, 0.1) is 0 Å². The van der Waals surface area contributed by atoms with Gasteiger partial charge in [-0.2, -0.15) is 4.31 Å². The largest absolute Gasteiger partial charge is 0.351 e. The quantitative estimate of drug-likeness (QED) is 0.287. The lowest BCUT2D eigenvalue weighted by Crippen LogP contribution is -2.48. The zero-order valence-corrected chi connectivity index (χ0v) is 25.7. The summed E-state index contributed by atoms with van der Waals surface area (Å²) in [6, 6.07) is 12.8. The first kappa shape index (κ1) is 30.4. The number of rotatable bonds is 14. The number of hydrogen-bond donors (Lipinski definition) is 1. The van der Waals surface area contributed by atoms with Crippen molar-refractivity contribution in [2.24, 2.45) is 0 Å². The number of nitrogens with zero attached hydrogens (tertiary/aromatic N) is 4. The second-order valence-corrected chi connectivity index (χ2v) is 13.3. The van der Waals surface area contributed by atoms with Crippen LogP contribution < -0.4 is 10.2 Å².